The van der Waals surface area contributed by atoms with Gasteiger partial charge in [0.15, 0.2) is 0 Å². The first kappa shape index (κ1) is 17.0. The molecular formula is C11H14Cl2N2O4S. The molecular weight excluding hydrogens is 327 g/mol. The van der Waals surface area contributed by atoms with Crippen molar-refractivity contribution in [1.82, 2.24) is 10.3 Å². The third kappa shape index (κ3) is 4.82. The van der Waals surface area contributed by atoms with Gasteiger partial charge in [0.1, 0.15) is 10.5 Å². The van der Waals surface area contributed by atoms with Gasteiger partial charge in [-0.15, -0.1) is 4.83 Å². The van der Waals surface area contributed by atoms with Crippen LogP contribution in [0.25, 0.3) is 0 Å². The van der Waals surface area contributed by atoms with E-state index in [1.54, 1.807) is 20.8 Å². The fourth-order valence-electron chi connectivity index (χ4n) is 1.16. The van der Waals surface area contributed by atoms with Crippen molar-refractivity contribution in [2.45, 2.75) is 31.3 Å². The third-order valence-corrected chi connectivity index (χ3v) is 4.11. The molecule has 0 heterocycles. The predicted octanol–water partition coefficient (Wildman–Crippen LogP) is 2.71. The van der Waals surface area contributed by atoms with Gasteiger partial charge in [0, 0.05) is 0 Å². The zero-order chi connectivity index (χ0) is 15.6. The van der Waals surface area contributed by atoms with E-state index in [2.05, 4.69) is 0 Å². The zero-order valence-corrected chi connectivity index (χ0v) is 13.4. The SMILES string of the molecule is CC(C)(C)OC(=O)NNS(=O)(=O)c1cccc(Cl)c1Cl. The molecule has 1 rings (SSSR count). The van der Waals surface area contributed by atoms with Crippen molar-refractivity contribution in [2.75, 3.05) is 0 Å². The molecule has 1 amide bonds. The van der Waals surface area contributed by atoms with Gasteiger partial charge in [-0.1, -0.05) is 29.3 Å². The summed E-state index contributed by atoms with van der Waals surface area (Å²) in [5.74, 6) is 0. The molecule has 2 N–H and O–H groups in total. The summed E-state index contributed by atoms with van der Waals surface area (Å²) in [6, 6.07) is 4.13. The number of nitrogens with one attached hydrogen (secondary N) is 2. The predicted molar refractivity (Wildman–Crippen MR) is 76.2 cm³/mol. The van der Waals surface area contributed by atoms with Crippen molar-refractivity contribution in [3.63, 3.8) is 0 Å². The van der Waals surface area contributed by atoms with Gasteiger partial charge in [0.25, 0.3) is 10.0 Å². The molecule has 112 valence electrons. The Hall–Kier alpha value is -1.02. The van der Waals surface area contributed by atoms with Crippen LogP contribution in [-0.4, -0.2) is 20.1 Å². The molecule has 9 heteroatoms. The number of ether oxygens (including phenoxy) is 1. The minimum Gasteiger partial charge on any atom is -0.443 e. The maximum atomic E-state index is 12.0. The van der Waals surface area contributed by atoms with Crippen LogP contribution in [0.4, 0.5) is 4.79 Å². The fraction of sp³-hybridized carbons (Fsp3) is 0.364. The lowest BCUT2D eigenvalue weighted by Crippen LogP contribution is -2.44. The van der Waals surface area contributed by atoms with Gasteiger partial charge in [-0.25, -0.2) is 18.6 Å². The second kappa shape index (κ2) is 6.17. The second-order valence-electron chi connectivity index (χ2n) is 4.78. The first-order valence-electron chi connectivity index (χ1n) is 5.48. The number of hydrazine groups is 1. The van der Waals surface area contributed by atoms with Crippen molar-refractivity contribution in [1.29, 1.82) is 0 Å². The van der Waals surface area contributed by atoms with E-state index in [0.717, 1.165) is 0 Å². The van der Waals surface area contributed by atoms with E-state index in [4.69, 9.17) is 27.9 Å². The lowest BCUT2D eigenvalue weighted by atomic mass is 10.2. The molecule has 6 nitrogen and oxygen atoms in total. The molecule has 20 heavy (non-hydrogen) atoms. The lowest BCUT2D eigenvalue weighted by Gasteiger charge is -2.19. The van der Waals surface area contributed by atoms with Crippen LogP contribution in [0.1, 0.15) is 20.8 Å². The maximum Gasteiger partial charge on any atom is 0.423 e. The summed E-state index contributed by atoms with van der Waals surface area (Å²) < 4.78 is 28.8. The fourth-order valence-corrected chi connectivity index (χ4v) is 2.75. The molecule has 0 aliphatic rings. The molecule has 0 bridgehead atoms. The normalized spacial score (nSPS) is 12.1. The largest absolute Gasteiger partial charge is 0.443 e. The monoisotopic (exact) mass is 340 g/mol. The van der Waals surface area contributed by atoms with E-state index < -0.39 is 21.7 Å². The molecule has 0 unspecified atom stereocenters. The van der Waals surface area contributed by atoms with Crippen molar-refractivity contribution >= 4 is 39.3 Å². The Morgan fingerprint density at radius 3 is 2.40 bits per heavy atom. The molecule has 0 radical (unpaired) electrons. The molecule has 0 fully saturated rings. The van der Waals surface area contributed by atoms with Gasteiger partial charge in [0.05, 0.1) is 10.0 Å². The molecule has 1 aromatic rings. The average molecular weight is 341 g/mol. The second-order valence-corrected chi connectivity index (χ2v) is 7.22. The Morgan fingerprint density at radius 1 is 1.25 bits per heavy atom. The van der Waals surface area contributed by atoms with Crippen LogP contribution in [0.5, 0.6) is 0 Å². The number of carbonyl (C=O) groups excluding carboxylic acids is 1. The summed E-state index contributed by atoms with van der Waals surface area (Å²) >= 11 is 11.5. The van der Waals surface area contributed by atoms with Gasteiger partial charge < -0.3 is 4.74 Å². The molecule has 0 aliphatic carbocycles. The quantitative estimate of drug-likeness (QED) is 0.828. The van der Waals surface area contributed by atoms with Crippen LogP contribution in [-0.2, 0) is 14.8 Å². The Balaban J connectivity index is 2.81. The molecule has 1 aromatic carbocycles. The highest BCUT2D eigenvalue weighted by atomic mass is 35.5. The number of hydrogen-bond acceptors (Lipinski definition) is 4. The van der Waals surface area contributed by atoms with Gasteiger partial charge in [0.2, 0.25) is 0 Å². The Bertz CT molecular complexity index is 611. The molecule has 0 atom stereocenters. The minimum absolute atomic E-state index is 0.0896. The van der Waals surface area contributed by atoms with Gasteiger partial charge in [-0.2, -0.15) is 0 Å². The molecule has 0 aliphatic heterocycles. The van der Waals surface area contributed by atoms with E-state index in [0.29, 0.717) is 0 Å². The molecule has 0 spiro atoms. The zero-order valence-electron chi connectivity index (χ0n) is 11.0. The minimum atomic E-state index is -4.04. The van der Waals surface area contributed by atoms with E-state index in [-0.39, 0.29) is 14.9 Å². The van der Waals surface area contributed by atoms with Crippen LogP contribution >= 0.6 is 23.2 Å². The van der Waals surface area contributed by atoms with E-state index >= 15 is 0 Å². The van der Waals surface area contributed by atoms with E-state index in [1.807, 2.05) is 10.3 Å². The summed E-state index contributed by atoms with van der Waals surface area (Å²) in [6.45, 7) is 4.94. The summed E-state index contributed by atoms with van der Waals surface area (Å²) in [5, 5.41) is -0.0422. The van der Waals surface area contributed by atoms with E-state index in [1.165, 1.54) is 18.2 Å². The standard InChI is InChI=1S/C11H14Cl2N2O4S/c1-11(2,3)19-10(16)14-15-20(17,18)8-6-4-5-7(12)9(8)13/h4-6,15H,1-3H3,(H,14,16). The van der Waals surface area contributed by atoms with Crippen molar-refractivity contribution in [3.8, 4) is 0 Å². The smallest absolute Gasteiger partial charge is 0.423 e. The number of benzene rings is 1. The van der Waals surface area contributed by atoms with Crippen molar-refractivity contribution < 1.29 is 17.9 Å². The maximum absolute atomic E-state index is 12.0. The summed E-state index contributed by atoms with van der Waals surface area (Å²) in [5.41, 5.74) is 1.18. The average Bonchev–Trinajstić information content (AvgIpc) is 2.28. The Kier molecular flexibility index (Phi) is 5.26. The van der Waals surface area contributed by atoms with Crippen LogP contribution in [0.15, 0.2) is 23.1 Å². The molecule has 0 aromatic heterocycles. The number of amides is 1. The third-order valence-electron chi connectivity index (χ3n) is 1.89. The van der Waals surface area contributed by atoms with Gasteiger partial charge in [-0.05, 0) is 32.9 Å². The van der Waals surface area contributed by atoms with Crippen LogP contribution in [0.2, 0.25) is 10.0 Å². The van der Waals surface area contributed by atoms with Crippen molar-refractivity contribution in [2.24, 2.45) is 0 Å². The highest BCUT2D eigenvalue weighted by molar-refractivity contribution is 7.89. The van der Waals surface area contributed by atoms with Gasteiger partial charge >= 0.3 is 6.09 Å². The first-order chi connectivity index (χ1) is 9.03. The highest BCUT2D eigenvalue weighted by Crippen LogP contribution is 2.28. The number of rotatable bonds is 3. The lowest BCUT2D eigenvalue weighted by molar-refractivity contribution is 0.0515. The van der Waals surface area contributed by atoms with E-state index in [9.17, 15) is 13.2 Å². The van der Waals surface area contributed by atoms with Crippen LogP contribution < -0.4 is 10.3 Å². The topological polar surface area (TPSA) is 84.5 Å². The summed E-state index contributed by atoms with van der Waals surface area (Å²) in [6.07, 6.45) is -0.931. The summed E-state index contributed by atoms with van der Waals surface area (Å²) in [4.78, 5) is 13.0. The number of sulfonamides is 1. The highest BCUT2D eigenvalue weighted by Gasteiger charge is 2.22. The van der Waals surface area contributed by atoms with Crippen LogP contribution in [0, 0.1) is 0 Å². The van der Waals surface area contributed by atoms with Crippen molar-refractivity contribution in [3.05, 3.63) is 28.2 Å². The molecule has 0 saturated carbocycles. The number of hydrogen-bond donors (Lipinski definition) is 2. The number of halogens is 2. The Labute approximate surface area is 127 Å². The molecule has 0 saturated heterocycles. The summed E-state index contributed by atoms with van der Waals surface area (Å²) in [7, 11) is -4.04. The van der Waals surface area contributed by atoms with Crippen LogP contribution in [0.3, 0.4) is 0 Å². The number of carbonyl (C=O) groups is 1. The first-order valence-corrected chi connectivity index (χ1v) is 7.72. The Morgan fingerprint density at radius 2 is 1.85 bits per heavy atom. The van der Waals surface area contributed by atoms with Gasteiger partial charge in [-0.3, -0.25) is 0 Å².